The molecule has 2 heterocycles. The lowest BCUT2D eigenvalue weighted by molar-refractivity contribution is 0.474. The lowest BCUT2D eigenvalue weighted by Crippen LogP contribution is -2.03. The molecular weight excluding hydrogens is 332 g/mol. The topological polar surface area (TPSA) is 70.4 Å². The largest absolute Gasteiger partial charge is 0.507 e. The number of anilines is 1. The van der Waals surface area contributed by atoms with E-state index in [2.05, 4.69) is 22.4 Å². The van der Waals surface area contributed by atoms with Crippen LogP contribution in [-0.2, 0) is 19.3 Å². The molecule has 0 saturated carbocycles. The van der Waals surface area contributed by atoms with Gasteiger partial charge in [-0.05, 0) is 43.4 Å². The van der Waals surface area contributed by atoms with Gasteiger partial charge in [-0.15, -0.1) is 11.3 Å². The van der Waals surface area contributed by atoms with E-state index in [1.54, 1.807) is 29.7 Å². The molecule has 1 aliphatic carbocycles. The number of aryl methyl sites for hydroxylation is 3. The molecule has 0 radical (unpaired) electrons. The van der Waals surface area contributed by atoms with E-state index in [0.29, 0.717) is 5.56 Å². The van der Waals surface area contributed by atoms with Gasteiger partial charge < -0.3 is 5.11 Å². The number of benzene rings is 1. The number of hydrogen-bond acceptors (Lipinski definition) is 6. The van der Waals surface area contributed by atoms with Gasteiger partial charge in [-0.2, -0.15) is 5.10 Å². The molecular formula is C19H20N4OS. The number of nitrogens with zero attached hydrogens (tertiary/aromatic N) is 3. The lowest BCUT2D eigenvalue weighted by Gasteiger charge is -2.11. The van der Waals surface area contributed by atoms with Gasteiger partial charge in [0.2, 0.25) is 0 Å². The second-order valence-corrected chi connectivity index (χ2v) is 7.25. The quantitative estimate of drug-likeness (QED) is 0.543. The number of rotatable bonds is 4. The average molecular weight is 352 g/mol. The predicted octanol–water partition coefficient (Wildman–Crippen LogP) is 4.28. The number of aromatic nitrogens is 2. The van der Waals surface area contributed by atoms with Gasteiger partial charge in [0.05, 0.1) is 11.6 Å². The van der Waals surface area contributed by atoms with Crippen molar-refractivity contribution in [3.8, 4) is 5.75 Å². The van der Waals surface area contributed by atoms with Crippen LogP contribution in [0.4, 0.5) is 5.82 Å². The van der Waals surface area contributed by atoms with Crippen LogP contribution in [0.3, 0.4) is 0 Å². The summed E-state index contributed by atoms with van der Waals surface area (Å²) in [5.41, 5.74) is 5.14. The van der Waals surface area contributed by atoms with Crippen LogP contribution in [-0.4, -0.2) is 21.3 Å². The van der Waals surface area contributed by atoms with E-state index in [1.165, 1.54) is 23.3 Å². The van der Waals surface area contributed by atoms with Crippen LogP contribution in [0.1, 0.15) is 41.6 Å². The maximum absolute atomic E-state index is 9.84. The molecule has 0 amide bonds. The Kier molecular flexibility index (Phi) is 4.36. The van der Waals surface area contributed by atoms with Crippen molar-refractivity contribution in [1.82, 2.24) is 9.97 Å². The fourth-order valence-corrected chi connectivity index (χ4v) is 4.48. The van der Waals surface area contributed by atoms with Crippen molar-refractivity contribution in [2.75, 3.05) is 5.43 Å². The van der Waals surface area contributed by atoms with Crippen LogP contribution in [0, 0.1) is 0 Å². The van der Waals surface area contributed by atoms with Crippen LogP contribution in [0.25, 0.3) is 10.2 Å². The summed E-state index contributed by atoms with van der Waals surface area (Å²) in [6.07, 6.45) is 7.10. The highest BCUT2D eigenvalue weighted by Gasteiger charge is 2.20. The van der Waals surface area contributed by atoms with Crippen molar-refractivity contribution in [2.45, 2.75) is 39.0 Å². The van der Waals surface area contributed by atoms with E-state index in [0.717, 1.165) is 41.1 Å². The maximum Gasteiger partial charge on any atom is 0.159 e. The molecule has 0 unspecified atom stereocenters. The van der Waals surface area contributed by atoms with E-state index < -0.39 is 0 Å². The molecule has 0 atom stereocenters. The van der Waals surface area contributed by atoms with Gasteiger partial charge in [-0.3, -0.25) is 5.43 Å². The number of para-hydroxylation sites is 1. The Balaban J connectivity index is 1.72. The van der Waals surface area contributed by atoms with Gasteiger partial charge in [-0.25, -0.2) is 9.97 Å². The monoisotopic (exact) mass is 352 g/mol. The summed E-state index contributed by atoms with van der Waals surface area (Å²) in [6, 6.07) is 7.13. The predicted molar refractivity (Wildman–Crippen MR) is 103 cm³/mol. The fraction of sp³-hybridized carbons (Fsp3) is 0.316. The van der Waals surface area contributed by atoms with Crippen molar-refractivity contribution in [3.05, 3.63) is 46.1 Å². The second kappa shape index (κ2) is 6.80. The molecule has 25 heavy (non-hydrogen) atoms. The van der Waals surface area contributed by atoms with E-state index in [-0.39, 0.29) is 5.75 Å². The first kappa shape index (κ1) is 16.0. The third-order valence-electron chi connectivity index (χ3n) is 4.49. The zero-order valence-electron chi connectivity index (χ0n) is 14.1. The molecule has 1 aliphatic rings. The van der Waals surface area contributed by atoms with Crippen LogP contribution in [0.5, 0.6) is 5.75 Å². The first-order chi connectivity index (χ1) is 12.3. The van der Waals surface area contributed by atoms with E-state index in [4.69, 9.17) is 4.98 Å². The minimum absolute atomic E-state index is 0.211. The molecule has 2 N–H and O–H groups in total. The fourth-order valence-electron chi connectivity index (χ4n) is 3.20. The number of phenols is 1. The van der Waals surface area contributed by atoms with Gasteiger partial charge in [0, 0.05) is 16.9 Å². The van der Waals surface area contributed by atoms with E-state index in [9.17, 15) is 5.11 Å². The highest BCUT2D eigenvalue weighted by Crippen LogP contribution is 2.38. The van der Waals surface area contributed by atoms with Gasteiger partial charge >= 0.3 is 0 Å². The van der Waals surface area contributed by atoms with Gasteiger partial charge in [0.25, 0.3) is 0 Å². The molecule has 0 bridgehead atoms. The first-order valence-corrected chi connectivity index (χ1v) is 9.46. The summed E-state index contributed by atoms with van der Waals surface area (Å²) in [5, 5.41) is 15.3. The summed E-state index contributed by atoms with van der Waals surface area (Å²) in [5.74, 6) is 1.81. The Morgan fingerprint density at radius 1 is 1.24 bits per heavy atom. The molecule has 128 valence electrons. The summed E-state index contributed by atoms with van der Waals surface area (Å²) in [6.45, 7) is 2.06. The van der Waals surface area contributed by atoms with Crippen molar-refractivity contribution in [3.63, 3.8) is 0 Å². The van der Waals surface area contributed by atoms with Crippen molar-refractivity contribution in [1.29, 1.82) is 0 Å². The summed E-state index contributed by atoms with van der Waals surface area (Å²) in [4.78, 5) is 11.9. The minimum Gasteiger partial charge on any atom is -0.507 e. The first-order valence-electron chi connectivity index (χ1n) is 8.64. The van der Waals surface area contributed by atoms with Crippen molar-refractivity contribution < 1.29 is 5.11 Å². The van der Waals surface area contributed by atoms with Crippen molar-refractivity contribution >= 4 is 33.6 Å². The number of hydrazone groups is 1. The Labute approximate surface area is 150 Å². The smallest absolute Gasteiger partial charge is 0.159 e. The van der Waals surface area contributed by atoms with Gasteiger partial charge in [0.1, 0.15) is 16.4 Å². The second-order valence-electron chi connectivity index (χ2n) is 6.16. The lowest BCUT2D eigenvalue weighted by atomic mass is 9.97. The minimum atomic E-state index is 0.211. The molecule has 4 rings (SSSR count). The maximum atomic E-state index is 9.84. The van der Waals surface area contributed by atoms with Crippen LogP contribution in [0.15, 0.2) is 29.4 Å². The molecule has 3 aromatic rings. The normalized spacial score (nSPS) is 14.1. The van der Waals surface area contributed by atoms with Crippen LogP contribution < -0.4 is 5.43 Å². The number of nitrogens with one attached hydrogen (secondary N) is 1. The Morgan fingerprint density at radius 2 is 2.08 bits per heavy atom. The third-order valence-corrected chi connectivity index (χ3v) is 5.67. The van der Waals surface area contributed by atoms with Gasteiger partial charge in [-0.1, -0.05) is 19.1 Å². The van der Waals surface area contributed by atoms with Gasteiger partial charge in [0.15, 0.2) is 5.82 Å². The highest BCUT2D eigenvalue weighted by molar-refractivity contribution is 7.19. The summed E-state index contributed by atoms with van der Waals surface area (Å²) >= 11 is 1.79. The van der Waals surface area contributed by atoms with E-state index >= 15 is 0 Å². The number of hydrogen-bond donors (Lipinski definition) is 2. The molecule has 0 aliphatic heterocycles. The molecule has 6 heteroatoms. The van der Waals surface area contributed by atoms with Crippen LogP contribution in [0.2, 0.25) is 0 Å². The van der Waals surface area contributed by atoms with E-state index in [1.807, 2.05) is 12.1 Å². The number of thiophene rings is 1. The zero-order valence-corrected chi connectivity index (χ0v) is 14.9. The number of phenolic OH excluding ortho intramolecular Hbond substituents is 1. The molecule has 1 aromatic carbocycles. The molecule has 0 saturated heterocycles. The summed E-state index contributed by atoms with van der Waals surface area (Å²) < 4.78 is 0. The average Bonchev–Trinajstić information content (AvgIpc) is 3.01. The SMILES string of the molecule is CCc1nc(NN=Cc2ccccc2O)c2c3c(sc2n1)CCCC3. The standard InChI is InChI=1S/C19H20N4OS/c1-2-16-21-18(23-20-11-12-7-3-5-9-14(12)24)17-13-8-4-6-10-15(13)25-19(17)22-16/h3,5,7,9,11,24H,2,4,6,8,10H2,1H3,(H,21,22,23). The van der Waals surface area contributed by atoms with Crippen LogP contribution >= 0.6 is 11.3 Å². The molecule has 5 nitrogen and oxygen atoms in total. The Bertz CT molecular complexity index is 948. The molecule has 2 aromatic heterocycles. The highest BCUT2D eigenvalue weighted by atomic mass is 32.1. The zero-order chi connectivity index (χ0) is 17.2. The number of fused-ring (bicyclic) bond motifs is 3. The summed E-state index contributed by atoms with van der Waals surface area (Å²) in [7, 11) is 0. The Hall–Kier alpha value is -2.47. The third kappa shape index (κ3) is 3.09. The number of aromatic hydroxyl groups is 1. The Morgan fingerprint density at radius 3 is 2.92 bits per heavy atom. The van der Waals surface area contributed by atoms with Crippen molar-refractivity contribution in [2.24, 2.45) is 5.10 Å². The molecule has 0 fully saturated rings. The molecule has 0 spiro atoms.